The summed E-state index contributed by atoms with van der Waals surface area (Å²) in [5, 5.41) is 0. The number of hydrogen-bond donors (Lipinski definition) is 0. The van der Waals surface area contributed by atoms with Gasteiger partial charge in [0.15, 0.2) is 0 Å². The highest BCUT2D eigenvalue weighted by Gasteiger charge is 2.36. The zero-order valence-electron chi connectivity index (χ0n) is 17.2. The Morgan fingerprint density at radius 3 is 2.34 bits per heavy atom. The van der Waals surface area contributed by atoms with Crippen LogP contribution in [0.1, 0.15) is 51.5 Å². The van der Waals surface area contributed by atoms with Gasteiger partial charge in [-0.15, -0.1) is 0 Å². The molecule has 0 unspecified atom stereocenters. The molecule has 0 aliphatic carbocycles. The average Bonchev–Trinajstić information content (AvgIpc) is 3.02. The van der Waals surface area contributed by atoms with Crippen LogP contribution in [0.25, 0.3) is 0 Å². The van der Waals surface area contributed by atoms with Crippen molar-refractivity contribution in [3.63, 3.8) is 0 Å². The molecule has 3 aliphatic rings. The number of carbonyl (C=O) groups is 1. The number of anilines is 1. The van der Waals surface area contributed by atoms with Gasteiger partial charge in [0.25, 0.3) is 0 Å². The minimum Gasteiger partial charge on any atom is -0.309 e. The largest absolute Gasteiger partial charge is 0.309 e. The Hall–Kier alpha value is -0.960. The summed E-state index contributed by atoms with van der Waals surface area (Å²) in [5.41, 5.74) is 1.75. The fourth-order valence-corrected chi connectivity index (χ4v) is 7.71. The monoisotopic (exact) mass is 483 g/mol. The number of benzene rings is 1. The van der Waals surface area contributed by atoms with Crippen molar-refractivity contribution in [2.24, 2.45) is 0 Å². The Bertz CT molecular complexity index is 891. The van der Waals surface area contributed by atoms with Crippen LogP contribution in [0.5, 0.6) is 0 Å². The predicted octanol–water partition coefficient (Wildman–Crippen LogP) is 3.39. The van der Waals surface area contributed by atoms with E-state index in [9.17, 15) is 13.2 Å². The van der Waals surface area contributed by atoms with Crippen LogP contribution >= 0.6 is 15.9 Å². The minimum atomic E-state index is -3.61. The average molecular weight is 484 g/mol. The second-order valence-corrected chi connectivity index (χ2v) is 11.3. The molecule has 0 saturated carbocycles. The van der Waals surface area contributed by atoms with Crippen LogP contribution in [0.15, 0.2) is 21.5 Å². The highest BCUT2D eigenvalue weighted by atomic mass is 79.9. The fourth-order valence-electron chi connectivity index (χ4n) is 5.17. The summed E-state index contributed by atoms with van der Waals surface area (Å²) in [7, 11) is -3.61. The molecule has 1 atom stereocenters. The van der Waals surface area contributed by atoms with Crippen LogP contribution in [-0.2, 0) is 21.2 Å². The molecule has 0 radical (unpaired) electrons. The van der Waals surface area contributed by atoms with E-state index in [2.05, 4.69) is 20.8 Å². The molecular weight excluding hydrogens is 454 g/mol. The van der Waals surface area contributed by atoms with Gasteiger partial charge < -0.3 is 9.80 Å². The molecule has 0 bridgehead atoms. The Kier molecular flexibility index (Phi) is 6.08. The predicted molar refractivity (Wildman–Crippen MR) is 118 cm³/mol. The van der Waals surface area contributed by atoms with Crippen molar-refractivity contribution in [2.75, 3.05) is 31.1 Å². The smallest absolute Gasteiger partial charge is 0.244 e. The molecule has 1 amide bonds. The maximum Gasteiger partial charge on any atom is 0.244 e. The summed E-state index contributed by atoms with van der Waals surface area (Å²) in [4.78, 5) is 16.6. The Morgan fingerprint density at radius 2 is 1.72 bits per heavy atom. The number of piperidine rings is 2. The third kappa shape index (κ3) is 4.01. The number of nitrogens with zero attached hydrogens (tertiary/aromatic N) is 3. The van der Waals surface area contributed by atoms with Crippen LogP contribution in [0.3, 0.4) is 0 Å². The van der Waals surface area contributed by atoms with E-state index in [0.717, 1.165) is 43.6 Å². The topological polar surface area (TPSA) is 60.9 Å². The lowest BCUT2D eigenvalue weighted by molar-refractivity contribution is -0.116. The number of rotatable bonds is 3. The van der Waals surface area contributed by atoms with Crippen LogP contribution < -0.4 is 4.90 Å². The van der Waals surface area contributed by atoms with Crippen LogP contribution in [0.4, 0.5) is 5.69 Å². The first-order valence-corrected chi connectivity index (χ1v) is 12.9. The number of fused-ring (bicyclic) bond motifs is 1. The van der Waals surface area contributed by atoms with Gasteiger partial charge in [0.2, 0.25) is 15.9 Å². The van der Waals surface area contributed by atoms with Gasteiger partial charge in [-0.25, -0.2) is 8.42 Å². The lowest BCUT2D eigenvalue weighted by atomic mass is 10.0. The highest BCUT2D eigenvalue weighted by Crippen LogP contribution is 2.39. The summed E-state index contributed by atoms with van der Waals surface area (Å²) < 4.78 is 29.1. The first kappa shape index (κ1) is 21.3. The zero-order valence-corrected chi connectivity index (χ0v) is 19.6. The third-order valence-corrected chi connectivity index (χ3v) is 9.49. The van der Waals surface area contributed by atoms with Gasteiger partial charge in [0, 0.05) is 42.3 Å². The lowest BCUT2D eigenvalue weighted by Crippen LogP contribution is -2.48. The van der Waals surface area contributed by atoms with Crippen molar-refractivity contribution >= 4 is 37.5 Å². The first-order chi connectivity index (χ1) is 13.8. The maximum absolute atomic E-state index is 13.4. The molecule has 3 heterocycles. The van der Waals surface area contributed by atoms with Crippen molar-refractivity contribution in [2.45, 2.75) is 69.4 Å². The van der Waals surface area contributed by atoms with E-state index < -0.39 is 10.0 Å². The van der Waals surface area contributed by atoms with E-state index >= 15 is 0 Å². The molecule has 0 N–H and O–H groups in total. The number of carbonyl (C=O) groups excluding carboxylic acids is 1. The summed E-state index contributed by atoms with van der Waals surface area (Å²) in [6, 6.07) is 4.12. The van der Waals surface area contributed by atoms with Gasteiger partial charge in [0.1, 0.15) is 0 Å². The Labute approximate surface area is 182 Å². The van der Waals surface area contributed by atoms with Gasteiger partial charge >= 0.3 is 0 Å². The summed E-state index contributed by atoms with van der Waals surface area (Å²) >= 11 is 3.49. The molecule has 160 valence electrons. The van der Waals surface area contributed by atoms with E-state index in [4.69, 9.17) is 0 Å². The fraction of sp³-hybridized carbons (Fsp3) is 0.667. The van der Waals surface area contributed by atoms with Crippen molar-refractivity contribution in [3.05, 3.63) is 22.2 Å². The molecule has 0 spiro atoms. The normalized spacial score (nSPS) is 24.7. The number of hydrogen-bond acceptors (Lipinski definition) is 4. The molecule has 29 heavy (non-hydrogen) atoms. The number of amides is 1. The van der Waals surface area contributed by atoms with E-state index in [1.165, 1.54) is 26.2 Å². The molecule has 6 nitrogen and oxygen atoms in total. The highest BCUT2D eigenvalue weighted by molar-refractivity contribution is 9.10. The van der Waals surface area contributed by atoms with Crippen LogP contribution in [0.2, 0.25) is 0 Å². The maximum atomic E-state index is 13.4. The second kappa shape index (κ2) is 8.29. The van der Waals surface area contributed by atoms with Gasteiger partial charge in [-0.1, -0.05) is 6.42 Å². The zero-order chi connectivity index (χ0) is 20.8. The second-order valence-electron chi connectivity index (χ2n) is 8.59. The molecule has 2 saturated heterocycles. The number of halogens is 1. The molecule has 3 aliphatic heterocycles. The molecule has 0 aromatic heterocycles. The summed E-state index contributed by atoms with van der Waals surface area (Å²) in [5.74, 6) is -0.0516. The molecular formula is C21H30BrN3O3S. The van der Waals surface area contributed by atoms with E-state index in [0.29, 0.717) is 23.6 Å². The van der Waals surface area contributed by atoms with Crippen molar-refractivity contribution in [1.82, 2.24) is 9.21 Å². The van der Waals surface area contributed by atoms with E-state index in [-0.39, 0.29) is 16.8 Å². The Morgan fingerprint density at radius 1 is 1.07 bits per heavy atom. The van der Waals surface area contributed by atoms with Crippen molar-refractivity contribution in [1.29, 1.82) is 0 Å². The molecule has 2 fully saturated rings. The van der Waals surface area contributed by atoms with Crippen LogP contribution in [-0.4, -0.2) is 61.8 Å². The van der Waals surface area contributed by atoms with Crippen molar-refractivity contribution in [3.8, 4) is 0 Å². The van der Waals surface area contributed by atoms with E-state index in [1.807, 2.05) is 13.0 Å². The van der Waals surface area contributed by atoms with Crippen LogP contribution in [0, 0.1) is 0 Å². The van der Waals surface area contributed by atoms with Crippen molar-refractivity contribution < 1.29 is 13.2 Å². The Balaban J connectivity index is 1.55. The number of likely N-dealkylation sites (tertiary alicyclic amines) is 1. The third-order valence-electron chi connectivity index (χ3n) is 6.64. The standard InChI is InChI=1S/C21H30BrN3O3S/c1-15-12-17-13-19(22)21(14-20(17)25(15)16(2)26)29(27,28)24-10-6-18(7-11-24)23-8-4-3-5-9-23/h13-15,18H,3-12H2,1-2H3/t15-/m1/s1. The van der Waals surface area contributed by atoms with E-state index in [1.54, 1.807) is 15.3 Å². The summed E-state index contributed by atoms with van der Waals surface area (Å²) in [6.45, 7) is 6.93. The minimum absolute atomic E-state index is 0.0487. The SMILES string of the molecule is CC(=O)N1c2cc(S(=O)(=O)N3CCC(N4CCCCC4)CC3)c(Br)cc2C[C@H]1C. The number of sulfonamides is 1. The van der Waals surface area contributed by atoms with Gasteiger partial charge in [-0.3, -0.25) is 4.79 Å². The lowest BCUT2D eigenvalue weighted by Gasteiger charge is -2.39. The molecule has 1 aromatic rings. The first-order valence-electron chi connectivity index (χ1n) is 10.7. The summed E-state index contributed by atoms with van der Waals surface area (Å²) in [6.07, 6.45) is 6.34. The van der Waals surface area contributed by atoms with Gasteiger partial charge in [-0.05, 0) is 85.7 Å². The molecule has 4 rings (SSSR count). The molecule has 8 heteroatoms. The molecule has 1 aromatic carbocycles. The van der Waals surface area contributed by atoms with Gasteiger partial charge in [-0.2, -0.15) is 4.31 Å². The quantitative estimate of drug-likeness (QED) is 0.660. The van der Waals surface area contributed by atoms with Gasteiger partial charge in [0.05, 0.1) is 4.90 Å².